The summed E-state index contributed by atoms with van der Waals surface area (Å²) in [5, 5.41) is 18.7. The molecule has 0 spiro atoms. The van der Waals surface area contributed by atoms with E-state index in [4.69, 9.17) is 4.52 Å². The molecule has 3 aromatic rings. The summed E-state index contributed by atoms with van der Waals surface area (Å²) in [5.74, 6) is -0.00586. The average Bonchev–Trinajstić information content (AvgIpc) is 3.44. The van der Waals surface area contributed by atoms with E-state index < -0.39 is 4.92 Å². The van der Waals surface area contributed by atoms with Gasteiger partial charge in [-0.1, -0.05) is 24.6 Å². The Morgan fingerprint density at radius 2 is 2.18 bits per heavy atom. The van der Waals surface area contributed by atoms with E-state index in [1.807, 2.05) is 6.92 Å². The molecule has 144 valence electrons. The SMILES string of the molecule is CCCc1noc2nc(C3CC3)cc(C(=O)Nc3cccc([N+](=O)[O-])c3C)c12. The number of fused-ring (bicyclic) bond motifs is 1. The first kappa shape index (κ1) is 18.1. The minimum Gasteiger partial charge on any atom is -0.336 e. The van der Waals surface area contributed by atoms with Gasteiger partial charge in [-0.05, 0) is 38.3 Å². The number of rotatable bonds is 6. The molecule has 2 aromatic heterocycles. The lowest BCUT2D eigenvalue weighted by Crippen LogP contribution is -2.15. The number of carbonyl (C=O) groups excluding carboxylic acids is 1. The zero-order valence-electron chi connectivity index (χ0n) is 15.7. The standard InChI is InChI=1S/C20H20N4O4/c1-3-5-15-18-13(10-16(12-8-9-12)22-20(18)28-23-15)19(25)21-14-6-4-7-17(11(14)2)24(26)27/h4,6-7,10,12H,3,5,8-9H2,1-2H3,(H,21,25). The van der Waals surface area contributed by atoms with Crippen molar-refractivity contribution >= 4 is 28.4 Å². The van der Waals surface area contributed by atoms with Gasteiger partial charge in [-0.15, -0.1) is 0 Å². The number of benzene rings is 1. The number of aryl methyl sites for hydroxylation is 1. The largest absolute Gasteiger partial charge is 0.336 e. The Labute approximate surface area is 161 Å². The van der Waals surface area contributed by atoms with Crippen molar-refractivity contribution in [2.45, 2.75) is 45.4 Å². The fourth-order valence-corrected chi connectivity index (χ4v) is 3.35. The van der Waals surface area contributed by atoms with Crippen LogP contribution in [0.25, 0.3) is 11.1 Å². The maximum absolute atomic E-state index is 13.1. The van der Waals surface area contributed by atoms with Crippen LogP contribution in [0.2, 0.25) is 0 Å². The predicted octanol–water partition coefficient (Wildman–Crippen LogP) is 4.52. The van der Waals surface area contributed by atoms with Gasteiger partial charge in [-0.25, -0.2) is 4.98 Å². The van der Waals surface area contributed by atoms with Gasteiger partial charge in [-0.3, -0.25) is 14.9 Å². The van der Waals surface area contributed by atoms with Gasteiger partial charge in [0.1, 0.15) is 0 Å². The molecule has 1 saturated carbocycles. The summed E-state index contributed by atoms with van der Waals surface area (Å²) in [6.07, 6.45) is 3.61. The molecule has 28 heavy (non-hydrogen) atoms. The van der Waals surface area contributed by atoms with Crippen LogP contribution in [0.5, 0.6) is 0 Å². The molecule has 1 amide bonds. The second-order valence-electron chi connectivity index (χ2n) is 7.09. The summed E-state index contributed by atoms with van der Waals surface area (Å²) in [6, 6.07) is 6.43. The van der Waals surface area contributed by atoms with Crippen molar-refractivity contribution < 1.29 is 14.2 Å². The molecule has 1 aromatic carbocycles. The maximum atomic E-state index is 13.1. The highest BCUT2D eigenvalue weighted by Crippen LogP contribution is 2.40. The van der Waals surface area contributed by atoms with Crippen LogP contribution in [-0.2, 0) is 6.42 Å². The van der Waals surface area contributed by atoms with Crippen LogP contribution in [0.15, 0.2) is 28.8 Å². The summed E-state index contributed by atoms with van der Waals surface area (Å²) >= 11 is 0. The van der Waals surface area contributed by atoms with Crippen LogP contribution in [0, 0.1) is 17.0 Å². The predicted molar refractivity (Wildman–Crippen MR) is 104 cm³/mol. The van der Waals surface area contributed by atoms with Crippen molar-refractivity contribution in [3.63, 3.8) is 0 Å². The molecule has 4 rings (SSSR count). The molecule has 1 fully saturated rings. The van der Waals surface area contributed by atoms with E-state index in [0.717, 1.165) is 25.0 Å². The molecule has 0 radical (unpaired) electrons. The van der Waals surface area contributed by atoms with E-state index in [2.05, 4.69) is 15.5 Å². The molecule has 0 saturated heterocycles. The number of nitrogens with one attached hydrogen (secondary N) is 1. The number of nitro benzene ring substituents is 1. The lowest BCUT2D eigenvalue weighted by Gasteiger charge is -2.10. The number of anilines is 1. The quantitative estimate of drug-likeness (QED) is 0.497. The van der Waals surface area contributed by atoms with Crippen LogP contribution in [0.4, 0.5) is 11.4 Å². The Morgan fingerprint density at radius 3 is 2.86 bits per heavy atom. The minimum absolute atomic E-state index is 0.0343. The first-order valence-electron chi connectivity index (χ1n) is 9.34. The lowest BCUT2D eigenvalue weighted by molar-refractivity contribution is -0.385. The molecule has 1 N–H and O–H groups in total. The molecule has 1 aliphatic rings. The van der Waals surface area contributed by atoms with Gasteiger partial charge in [0.2, 0.25) is 0 Å². The zero-order chi connectivity index (χ0) is 19.8. The van der Waals surface area contributed by atoms with E-state index >= 15 is 0 Å². The Kier molecular flexibility index (Phi) is 4.54. The molecule has 2 heterocycles. The molecule has 1 aliphatic carbocycles. The van der Waals surface area contributed by atoms with Crippen molar-refractivity contribution in [3.05, 3.63) is 56.9 Å². The smallest absolute Gasteiger partial charge is 0.274 e. The first-order chi connectivity index (χ1) is 13.5. The molecular formula is C20H20N4O4. The van der Waals surface area contributed by atoms with Crippen LogP contribution < -0.4 is 5.32 Å². The van der Waals surface area contributed by atoms with E-state index in [0.29, 0.717) is 45.9 Å². The number of hydrogen-bond acceptors (Lipinski definition) is 6. The third kappa shape index (κ3) is 3.21. The number of aromatic nitrogens is 2. The van der Waals surface area contributed by atoms with Gasteiger partial charge < -0.3 is 9.84 Å². The van der Waals surface area contributed by atoms with Gasteiger partial charge in [-0.2, -0.15) is 0 Å². The Morgan fingerprint density at radius 1 is 1.39 bits per heavy atom. The van der Waals surface area contributed by atoms with Crippen molar-refractivity contribution in [1.29, 1.82) is 0 Å². The molecular weight excluding hydrogens is 360 g/mol. The Hall–Kier alpha value is -3.29. The van der Waals surface area contributed by atoms with Gasteiger partial charge in [0.15, 0.2) is 0 Å². The number of hydrogen-bond donors (Lipinski definition) is 1. The molecule has 0 bridgehead atoms. The fourth-order valence-electron chi connectivity index (χ4n) is 3.35. The van der Waals surface area contributed by atoms with E-state index in [1.165, 1.54) is 6.07 Å². The number of nitrogens with zero attached hydrogens (tertiary/aromatic N) is 3. The van der Waals surface area contributed by atoms with Crippen LogP contribution in [0.3, 0.4) is 0 Å². The van der Waals surface area contributed by atoms with Gasteiger partial charge >= 0.3 is 0 Å². The molecule has 0 unspecified atom stereocenters. The lowest BCUT2D eigenvalue weighted by atomic mass is 10.0. The summed E-state index contributed by atoms with van der Waals surface area (Å²) in [6.45, 7) is 3.64. The monoisotopic (exact) mass is 380 g/mol. The number of carbonyl (C=O) groups is 1. The second kappa shape index (κ2) is 7.03. The molecule has 0 aliphatic heterocycles. The van der Waals surface area contributed by atoms with Crippen molar-refractivity contribution in [1.82, 2.24) is 10.1 Å². The number of nitro groups is 1. The highest BCUT2D eigenvalue weighted by Gasteiger charge is 2.29. The summed E-state index contributed by atoms with van der Waals surface area (Å²) in [5.41, 5.74) is 3.13. The van der Waals surface area contributed by atoms with Gasteiger partial charge in [0.25, 0.3) is 17.3 Å². The topological polar surface area (TPSA) is 111 Å². The summed E-state index contributed by atoms with van der Waals surface area (Å²) in [4.78, 5) is 28.4. The molecule has 8 heteroatoms. The third-order valence-electron chi connectivity index (χ3n) is 5.01. The average molecular weight is 380 g/mol. The van der Waals surface area contributed by atoms with E-state index in [9.17, 15) is 14.9 Å². The van der Waals surface area contributed by atoms with E-state index in [1.54, 1.807) is 25.1 Å². The second-order valence-corrected chi connectivity index (χ2v) is 7.09. The van der Waals surface area contributed by atoms with Gasteiger partial charge in [0.05, 0.1) is 32.8 Å². The van der Waals surface area contributed by atoms with Crippen LogP contribution in [-0.4, -0.2) is 21.0 Å². The van der Waals surface area contributed by atoms with Crippen molar-refractivity contribution in [2.24, 2.45) is 0 Å². The maximum Gasteiger partial charge on any atom is 0.274 e. The highest BCUT2D eigenvalue weighted by atomic mass is 16.6. The fraction of sp³-hybridized carbons (Fsp3) is 0.350. The zero-order valence-corrected chi connectivity index (χ0v) is 15.7. The van der Waals surface area contributed by atoms with E-state index in [-0.39, 0.29) is 11.6 Å². The van der Waals surface area contributed by atoms with Crippen molar-refractivity contribution in [2.75, 3.05) is 5.32 Å². The summed E-state index contributed by atoms with van der Waals surface area (Å²) < 4.78 is 5.41. The number of amides is 1. The third-order valence-corrected chi connectivity index (χ3v) is 5.01. The van der Waals surface area contributed by atoms with Gasteiger partial charge in [0, 0.05) is 17.7 Å². The molecule has 8 nitrogen and oxygen atoms in total. The van der Waals surface area contributed by atoms with Crippen LogP contribution in [0.1, 0.15) is 59.4 Å². The molecule has 0 atom stereocenters. The summed E-state index contributed by atoms with van der Waals surface area (Å²) in [7, 11) is 0. The Balaban J connectivity index is 1.77. The minimum atomic E-state index is -0.458. The normalized spacial score (nSPS) is 13.6. The first-order valence-corrected chi connectivity index (χ1v) is 9.34. The van der Waals surface area contributed by atoms with Crippen molar-refractivity contribution in [3.8, 4) is 0 Å². The van der Waals surface area contributed by atoms with Crippen LogP contribution >= 0.6 is 0 Å². The Bertz CT molecular complexity index is 1090. The number of pyridine rings is 1. The highest BCUT2D eigenvalue weighted by molar-refractivity contribution is 6.12.